The predicted octanol–water partition coefficient (Wildman–Crippen LogP) is 2.13. The van der Waals surface area contributed by atoms with Crippen molar-refractivity contribution < 1.29 is 19.5 Å². The van der Waals surface area contributed by atoms with Crippen molar-refractivity contribution in [3.8, 4) is 0 Å². The van der Waals surface area contributed by atoms with E-state index in [0.717, 1.165) is 5.56 Å². The SMILES string of the molecule is [CH-]=Cc1ccccc1.[Ru+]. The van der Waals surface area contributed by atoms with Gasteiger partial charge in [0, 0.05) is 0 Å². The molecule has 1 radical (unpaired) electrons. The first kappa shape index (κ1) is 8.58. The number of benzene rings is 1. The third kappa shape index (κ3) is 2.57. The van der Waals surface area contributed by atoms with Crippen molar-refractivity contribution in [3.63, 3.8) is 0 Å². The molecule has 0 aromatic heterocycles. The molecular formula is C8H7Ru. The molecule has 0 unspecified atom stereocenters. The molecule has 1 rings (SSSR count). The minimum atomic E-state index is 0. The topological polar surface area (TPSA) is 0 Å². The van der Waals surface area contributed by atoms with Crippen LogP contribution >= 0.6 is 0 Å². The molecule has 0 atom stereocenters. The Labute approximate surface area is 68.4 Å². The van der Waals surface area contributed by atoms with E-state index in [9.17, 15) is 0 Å². The van der Waals surface area contributed by atoms with Gasteiger partial charge in [-0.25, -0.2) is 6.08 Å². The molecule has 1 aromatic carbocycles. The van der Waals surface area contributed by atoms with Gasteiger partial charge in [0.15, 0.2) is 0 Å². The van der Waals surface area contributed by atoms with E-state index in [2.05, 4.69) is 0 Å². The molecule has 1 aromatic rings. The molecule has 0 saturated carbocycles. The molecule has 47 valence electrons. The minimum Gasteiger partial charge on any atom is -0.292 e. The van der Waals surface area contributed by atoms with E-state index in [0.29, 0.717) is 0 Å². The fourth-order valence-corrected chi connectivity index (χ4v) is 0.564. The second-order valence-corrected chi connectivity index (χ2v) is 1.58. The summed E-state index contributed by atoms with van der Waals surface area (Å²) in [6.07, 6.45) is 1.58. The smallest absolute Gasteiger partial charge is 0.292 e. The van der Waals surface area contributed by atoms with Gasteiger partial charge in [-0.1, -0.05) is 18.2 Å². The van der Waals surface area contributed by atoms with Crippen LogP contribution in [0, 0.1) is 6.58 Å². The summed E-state index contributed by atoms with van der Waals surface area (Å²) >= 11 is 0. The summed E-state index contributed by atoms with van der Waals surface area (Å²) in [6.45, 7) is 5.22. The van der Waals surface area contributed by atoms with Gasteiger partial charge in [0.1, 0.15) is 0 Å². The molecule has 0 aliphatic heterocycles. The van der Waals surface area contributed by atoms with Crippen LogP contribution in [0.5, 0.6) is 0 Å². The average Bonchev–Trinajstić information content (AvgIpc) is 1.90. The van der Waals surface area contributed by atoms with Crippen LogP contribution in [0.25, 0.3) is 6.08 Å². The third-order valence-electron chi connectivity index (χ3n) is 0.992. The van der Waals surface area contributed by atoms with Gasteiger partial charge in [-0.3, -0.25) is 6.58 Å². The quantitative estimate of drug-likeness (QED) is 0.485. The third-order valence-corrected chi connectivity index (χ3v) is 0.992. The van der Waals surface area contributed by atoms with Crippen molar-refractivity contribution in [3.05, 3.63) is 42.5 Å². The van der Waals surface area contributed by atoms with Crippen molar-refractivity contribution in [2.75, 3.05) is 0 Å². The molecule has 0 amide bonds. The Balaban J connectivity index is 0.000000640. The van der Waals surface area contributed by atoms with Gasteiger partial charge in [0.05, 0.1) is 0 Å². The van der Waals surface area contributed by atoms with E-state index in [1.54, 1.807) is 6.08 Å². The van der Waals surface area contributed by atoms with Gasteiger partial charge < -0.3 is 0 Å². The first-order valence-electron chi connectivity index (χ1n) is 2.53. The fraction of sp³-hybridized carbons (Fsp3) is 0. The summed E-state index contributed by atoms with van der Waals surface area (Å²) < 4.78 is 0. The molecule has 0 bridgehead atoms. The first-order chi connectivity index (χ1) is 3.93. The minimum absolute atomic E-state index is 0. The maximum Gasteiger partial charge on any atom is 1.00 e. The zero-order valence-corrected chi connectivity index (χ0v) is 6.63. The maximum atomic E-state index is 5.22. The van der Waals surface area contributed by atoms with E-state index in [1.165, 1.54) is 0 Å². The summed E-state index contributed by atoms with van der Waals surface area (Å²) in [6, 6.07) is 9.80. The molecule has 0 saturated heterocycles. The second-order valence-electron chi connectivity index (χ2n) is 1.58. The molecule has 0 N–H and O–H groups in total. The molecule has 9 heavy (non-hydrogen) atoms. The normalized spacial score (nSPS) is 7.56. The van der Waals surface area contributed by atoms with Crippen molar-refractivity contribution in [2.24, 2.45) is 0 Å². The molecular weight excluding hydrogens is 197 g/mol. The predicted molar refractivity (Wildman–Crippen MR) is 35.2 cm³/mol. The molecule has 1 heteroatoms. The Bertz CT molecular complexity index is 167. The fourth-order valence-electron chi connectivity index (χ4n) is 0.564. The first-order valence-corrected chi connectivity index (χ1v) is 2.53. The van der Waals surface area contributed by atoms with Gasteiger partial charge in [0.25, 0.3) is 0 Å². The molecule has 0 heterocycles. The Morgan fingerprint density at radius 1 is 1.11 bits per heavy atom. The van der Waals surface area contributed by atoms with Crippen LogP contribution < -0.4 is 0 Å². The zero-order valence-electron chi connectivity index (χ0n) is 4.90. The van der Waals surface area contributed by atoms with Crippen molar-refractivity contribution in [1.29, 1.82) is 0 Å². The standard InChI is InChI=1S/C8H7.Ru/c1-2-8-6-4-3-5-7-8;/h1-7H;/q-1;+1. The van der Waals surface area contributed by atoms with Crippen LogP contribution in [0.3, 0.4) is 0 Å². The van der Waals surface area contributed by atoms with Crippen LogP contribution in [-0.2, 0) is 19.5 Å². The van der Waals surface area contributed by atoms with E-state index < -0.39 is 0 Å². The maximum absolute atomic E-state index is 5.22. The summed E-state index contributed by atoms with van der Waals surface area (Å²) in [7, 11) is 0. The largest absolute Gasteiger partial charge is 1.00 e. The summed E-state index contributed by atoms with van der Waals surface area (Å²) in [5, 5.41) is 0. The van der Waals surface area contributed by atoms with Gasteiger partial charge in [0.2, 0.25) is 0 Å². The molecule has 0 aliphatic carbocycles. The van der Waals surface area contributed by atoms with E-state index in [1.807, 2.05) is 30.3 Å². The number of hydrogen-bond acceptors (Lipinski definition) is 0. The molecule has 0 aliphatic rings. The Hall–Kier alpha value is -0.417. The number of rotatable bonds is 1. The molecule has 0 spiro atoms. The zero-order chi connectivity index (χ0) is 5.82. The number of hydrogen-bond donors (Lipinski definition) is 0. The van der Waals surface area contributed by atoms with Gasteiger partial charge in [-0.2, -0.15) is 5.56 Å². The van der Waals surface area contributed by atoms with Crippen LogP contribution in [0.4, 0.5) is 0 Å². The van der Waals surface area contributed by atoms with E-state index in [-0.39, 0.29) is 19.5 Å². The van der Waals surface area contributed by atoms with Gasteiger partial charge in [-0.05, 0) is 0 Å². The molecule has 0 nitrogen and oxygen atoms in total. The Morgan fingerprint density at radius 2 is 1.67 bits per heavy atom. The van der Waals surface area contributed by atoms with Crippen molar-refractivity contribution in [1.82, 2.24) is 0 Å². The summed E-state index contributed by atoms with van der Waals surface area (Å²) in [5.41, 5.74) is 1.06. The summed E-state index contributed by atoms with van der Waals surface area (Å²) in [5.74, 6) is 0. The Morgan fingerprint density at radius 3 is 2.00 bits per heavy atom. The molecule has 0 fully saturated rings. The van der Waals surface area contributed by atoms with Gasteiger partial charge in [-0.15, -0.1) is 12.1 Å². The van der Waals surface area contributed by atoms with Crippen molar-refractivity contribution >= 4 is 6.08 Å². The Kier molecular flexibility index (Phi) is 4.25. The van der Waals surface area contributed by atoms with Crippen LogP contribution in [0.15, 0.2) is 30.3 Å². The van der Waals surface area contributed by atoms with Crippen LogP contribution in [-0.4, -0.2) is 0 Å². The van der Waals surface area contributed by atoms with E-state index in [4.69, 9.17) is 6.58 Å². The average molecular weight is 204 g/mol. The second kappa shape index (κ2) is 4.46. The van der Waals surface area contributed by atoms with Crippen LogP contribution in [0.2, 0.25) is 0 Å². The van der Waals surface area contributed by atoms with E-state index >= 15 is 0 Å². The summed E-state index contributed by atoms with van der Waals surface area (Å²) in [4.78, 5) is 0. The van der Waals surface area contributed by atoms with Crippen molar-refractivity contribution in [2.45, 2.75) is 0 Å². The van der Waals surface area contributed by atoms with Crippen LogP contribution in [0.1, 0.15) is 5.56 Å². The van der Waals surface area contributed by atoms with Gasteiger partial charge >= 0.3 is 19.5 Å². The monoisotopic (exact) mass is 205 g/mol.